The van der Waals surface area contributed by atoms with Crippen molar-refractivity contribution in [3.05, 3.63) is 174 Å². The van der Waals surface area contributed by atoms with Crippen molar-refractivity contribution < 1.29 is 24.2 Å². The van der Waals surface area contributed by atoms with Crippen LogP contribution in [0.5, 0.6) is 5.75 Å². The minimum Gasteiger partial charge on any atom is -0.489 e. The van der Waals surface area contributed by atoms with Crippen LogP contribution in [-0.4, -0.2) is 102 Å². The van der Waals surface area contributed by atoms with E-state index in [1.54, 1.807) is 11.1 Å². The number of amides is 3. The molecule has 0 saturated carbocycles. The second-order valence-electron chi connectivity index (χ2n) is 18.0. The lowest BCUT2D eigenvalue weighted by molar-refractivity contribution is -0.138. The van der Waals surface area contributed by atoms with E-state index in [1.807, 2.05) is 83.9 Å². The summed E-state index contributed by atoms with van der Waals surface area (Å²) < 4.78 is 5.95. The second-order valence-corrected chi connectivity index (χ2v) is 18.0. The number of carbonyl (C=O) groups excluding carboxylic acids is 2. The summed E-state index contributed by atoms with van der Waals surface area (Å²) in [5.74, 6) is 2.06. The van der Waals surface area contributed by atoms with Gasteiger partial charge in [0.1, 0.15) is 36.1 Å². The van der Waals surface area contributed by atoms with Crippen LogP contribution in [-0.2, 0) is 22.6 Å². The molecule has 2 aliphatic rings. The third-order valence-electron chi connectivity index (χ3n) is 13.8. The maximum absolute atomic E-state index is 14.3. The summed E-state index contributed by atoms with van der Waals surface area (Å²) in [6, 6.07) is 42.5. The van der Waals surface area contributed by atoms with Crippen molar-refractivity contribution in [2.75, 3.05) is 33.2 Å². The van der Waals surface area contributed by atoms with Crippen molar-refractivity contribution in [2.45, 2.75) is 76.7 Å². The first-order valence-corrected chi connectivity index (χ1v) is 24.1. The number of imidazole rings is 2. The lowest BCUT2D eigenvalue weighted by atomic mass is 10.0. The van der Waals surface area contributed by atoms with Crippen LogP contribution in [0.1, 0.15) is 86.0 Å². The molecule has 4 atom stereocenters. The van der Waals surface area contributed by atoms with E-state index in [0.29, 0.717) is 31.3 Å². The first-order valence-electron chi connectivity index (χ1n) is 24.1. The molecule has 0 radical (unpaired) electrons. The van der Waals surface area contributed by atoms with Gasteiger partial charge in [-0.2, -0.15) is 0 Å². The third-order valence-corrected chi connectivity index (χ3v) is 13.8. The molecule has 3 N–H and O–H groups in total. The Morgan fingerprint density at radius 1 is 0.652 bits per heavy atom. The molecule has 0 aliphatic carbocycles. The predicted molar refractivity (Wildman–Crippen MR) is 267 cm³/mol. The first kappa shape index (κ1) is 46.6. The molecular formula is C56H60N8O5. The number of ether oxygens (including phenoxy) is 1. The van der Waals surface area contributed by atoms with Gasteiger partial charge in [0.05, 0.1) is 35.9 Å². The summed E-state index contributed by atoms with van der Waals surface area (Å²) in [5, 5.41) is 10.0. The molecule has 3 amide bonds. The molecule has 13 nitrogen and oxygen atoms in total. The van der Waals surface area contributed by atoms with Crippen LogP contribution in [0.25, 0.3) is 33.6 Å². The fourth-order valence-electron chi connectivity index (χ4n) is 9.91. The molecule has 0 spiro atoms. The van der Waals surface area contributed by atoms with Gasteiger partial charge in [0, 0.05) is 26.6 Å². The first-order chi connectivity index (χ1) is 33.7. The Kier molecular flexibility index (Phi) is 14.3. The average Bonchev–Trinajstić information content (AvgIpc) is 4.25. The molecule has 7 aromatic rings. The van der Waals surface area contributed by atoms with Gasteiger partial charge in [0.2, 0.25) is 11.8 Å². The standard InChI is InChI=1S/C56H60N8O5/c1-4-62(5-2)51(44-16-10-7-11-17-44)55(66)64-33-13-19-49(64)53-58-36-47(60-53)43-28-24-41(25-29-43)40-22-26-42(27-23-40)46-35-57-52(59-46)48-18-12-32-63(48)54(65)50(61(3)56(67)68)34-38-20-30-45(31-21-38)69-37-39-14-8-6-9-15-39/h6-11,14-17,20-31,35-36,48-51H,4-5,12-13,18-19,32-34,37H2,1-3H3,(H,57,59)(H,58,60)(H,67,68)/t48-,49-,50-,51+/m0/s1. The van der Waals surface area contributed by atoms with E-state index in [0.717, 1.165) is 99.8 Å². The fourth-order valence-corrected chi connectivity index (χ4v) is 9.91. The maximum atomic E-state index is 14.3. The number of nitrogens with one attached hydrogen (secondary N) is 2. The summed E-state index contributed by atoms with van der Waals surface area (Å²) >= 11 is 0. The number of aromatic nitrogens is 4. The number of hydrogen-bond donors (Lipinski definition) is 3. The number of carboxylic acid groups (broad SMARTS) is 1. The normalized spacial score (nSPS) is 16.7. The highest BCUT2D eigenvalue weighted by Gasteiger charge is 2.40. The number of rotatable bonds is 17. The van der Waals surface area contributed by atoms with Crippen LogP contribution in [0, 0.1) is 0 Å². The molecule has 2 aromatic heterocycles. The number of aromatic amines is 2. The van der Waals surface area contributed by atoms with Gasteiger partial charge in [-0.1, -0.05) is 135 Å². The van der Waals surface area contributed by atoms with Crippen LogP contribution in [0.2, 0.25) is 0 Å². The number of hydrogen-bond acceptors (Lipinski definition) is 7. The highest BCUT2D eigenvalue weighted by atomic mass is 16.5. The van der Waals surface area contributed by atoms with E-state index in [1.165, 1.54) is 7.05 Å². The number of carbonyl (C=O) groups is 3. The summed E-state index contributed by atoms with van der Waals surface area (Å²) in [4.78, 5) is 64.6. The summed E-state index contributed by atoms with van der Waals surface area (Å²) in [5.41, 5.74) is 8.76. The molecule has 69 heavy (non-hydrogen) atoms. The summed E-state index contributed by atoms with van der Waals surface area (Å²) in [6.45, 7) is 7.43. The molecule has 13 heteroatoms. The number of nitrogens with zero attached hydrogens (tertiary/aromatic N) is 6. The monoisotopic (exact) mass is 924 g/mol. The van der Waals surface area contributed by atoms with Crippen molar-refractivity contribution in [1.29, 1.82) is 0 Å². The SMILES string of the molecule is CCN(CC)[C@@H](C(=O)N1CCC[C@H]1c1ncc(-c2ccc(-c3ccc(-c4cnc([C@@H]5CCCN5C(=O)[C@H](Cc5ccc(OCc6ccccc6)cc5)N(C)C(=O)O)[nH]4)cc3)cc2)[nH]1)c1ccccc1. The van der Waals surface area contributed by atoms with Gasteiger partial charge in [-0.3, -0.25) is 19.4 Å². The van der Waals surface area contributed by atoms with E-state index in [9.17, 15) is 19.5 Å². The smallest absolute Gasteiger partial charge is 0.407 e. The molecular weight excluding hydrogens is 865 g/mol. The molecule has 0 bridgehead atoms. The number of benzene rings is 5. The van der Waals surface area contributed by atoms with Crippen LogP contribution < -0.4 is 4.74 Å². The largest absolute Gasteiger partial charge is 0.489 e. The molecule has 2 fully saturated rings. The Morgan fingerprint density at radius 3 is 1.65 bits per heavy atom. The van der Waals surface area contributed by atoms with Gasteiger partial charge >= 0.3 is 6.09 Å². The van der Waals surface area contributed by atoms with Gasteiger partial charge in [-0.05, 0) is 89.8 Å². The number of likely N-dealkylation sites (N-methyl/N-ethyl adjacent to an activating group) is 2. The van der Waals surface area contributed by atoms with Crippen molar-refractivity contribution in [2.24, 2.45) is 0 Å². The zero-order chi connectivity index (χ0) is 47.9. The number of H-pyrrole nitrogens is 2. The van der Waals surface area contributed by atoms with Gasteiger partial charge in [-0.25, -0.2) is 14.8 Å². The van der Waals surface area contributed by atoms with E-state index >= 15 is 0 Å². The van der Waals surface area contributed by atoms with Crippen molar-refractivity contribution in [1.82, 2.24) is 39.5 Å². The average molecular weight is 925 g/mol. The Bertz CT molecular complexity index is 2810. The van der Waals surface area contributed by atoms with Gasteiger partial charge in [0.25, 0.3) is 0 Å². The Labute approximate surface area is 403 Å². The Morgan fingerprint density at radius 2 is 1.14 bits per heavy atom. The zero-order valence-electron chi connectivity index (χ0n) is 39.5. The van der Waals surface area contributed by atoms with Crippen molar-refractivity contribution in [3.8, 4) is 39.4 Å². The zero-order valence-corrected chi connectivity index (χ0v) is 39.5. The fraction of sp³-hybridized carbons (Fsp3) is 0.304. The summed E-state index contributed by atoms with van der Waals surface area (Å²) in [6.07, 6.45) is 6.03. The topological polar surface area (TPSA) is 151 Å². The Balaban J connectivity index is 0.836. The summed E-state index contributed by atoms with van der Waals surface area (Å²) in [7, 11) is 1.45. The predicted octanol–water partition coefficient (Wildman–Crippen LogP) is 10.3. The minimum absolute atomic E-state index is 0.110. The van der Waals surface area contributed by atoms with Crippen molar-refractivity contribution in [3.63, 3.8) is 0 Å². The quantitative estimate of drug-likeness (QED) is 0.0817. The molecule has 354 valence electrons. The molecule has 2 aliphatic heterocycles. The third kappa shape index (κ3) is 10.3. The highest BCUT2D eigenvalue weighted by molar-refractivity contribution is 5.86. The number of likely N-dealkylation sites (tertiary alicyclic amines) is 2. The van der Waals surface area contributed by atoms with Gasteiger partial charge in [0.15, 0.2) is 0 Å². The van der Waals surface area contributed by atoms with Crippen LogP contribution in [0.15, 0.2) is 146 Å². The van der Waals surface area contributed by atoms with Crippen LogP contribution in [0.3, 0.4) is 0 Å². The minimum atomic E-state index is -1.16. The molecule has 9 rings (SSSR count). The maximum Gasteiger partial charge on any atom is 0.407 e. The van der Waals surface area contributed by atoms with Gasteiger partial charge < -0.3 is 29.6 Å². The van der Waals surface area contributed by atoms with E-state index in [4.69, 9.17) is 14.7 Å². The molecule has 4 heterocycles. The molecule has 5 aromatic carbocycles. The highest BCUT2D eigenvalue weighted by Crippen LogP contribution is 2.37. The van der Waals surface area contributed by atoms with Crippen LogP contribution >= 0.6 is 0 Å². The second kappa shape index (κ2) is 21.2. The van der Waals surface area contributed by atoms with Crippen molar-refractivity contribution >= 4 is 17.9 Å². The molecule has 0 unspecified atom stereocenters. The molecule has 2 saturated heterocycles. The Hall–Kier alpha value is -7.51. The van der Waals surface area contributed by atoms with E-state index < -0.39 is 12.1 Å². The van der Waals surface area contributed by atoms with Crippen LogP contribution in [0.4, 0.5) is 4.79 Å². The van der Waals surface area contributed by atoms with E-state index in [2.05, 4.69) is 89.4 Å². The van der Waals surface area contributed by atoms with E-state index in [-0.39, 0.29) is 36.4 Å². The van der Waals surface area contributed by atoms with Gasteiger partial charge in [-0.15, -0.1) is 0 Å². The lowest BCUT2D eigenvalue weighted by Gasteiger charge is -2.34. The lowest BCUT2D eigenvalue weighted by Crippen LogP contribution is -2.50.